The van der Waals surface area contributed by atoms with Gasteiger partial charge in [-0.05, 0) is 37.3 Å². The molecule has 25 heavy (non-hydrogen) atoms. The van der Waals surface area contributed by atoms with E-state index in [1.165, 1.54) is 11.7 Å². The van der Waals surface area contributed by atoms with E-state index in [9.17, 15) is 9.59 Å². The molecule has 1 N–H and O–H groups in total. The number of carbonyl (C=O) groups is 1. The van der Waals surface area contributed by atoms with Gasteiger partial charge in [0.05, 0.1) is 23.2 Å². The number of aryl methyl sites for hydroxylation is 1. The second-order valence-electron chi connectivity index (χ2n) is 5.50. The third-order valence-electron chi connectivity index (χ3n) is 3.98. The molecule has 7 heteroatoms. The van der Waals surface area contributed by atoms with Crippen molar-refractivity contribution in [1.82, 2.24) is 9.13 Å². The van der Waals surface area contributed by atoms with Crippen LogP contribution >= 0.6 is 11.6 Å². The number of amides is 1. The van der Waals surface area contributed by atoms with Crippen LogP contribution in [0.15, 0.2) is 47.3 Å². The van der Waals surface area contributed by atoms with Crippen molar-refractivity contribution in [3.8, 4) is 5.75 Å². The minimum Gasteiger partial charge on any atom is -0.495 e. The van der Waals surface area contributed by atoms with Crippen LogP contribution in [0.2, 0.25) is 5.02 Å². The van der Waals surface area contributed by atoms with Gasteiger partial charge in [-0.25, -0.2) is 4.79 Å². The van der Waals surface area contributed by atoms with Crippen molar-refractivity contribution in [2.45, 2.75) is 20.0 Å². The van der Waals surface area contributed by atoms with Crippen LogP contribution in [0.25, 0.3) is 11.0 Å². The van der Waals surface area contributed by atoms with Crippen molar-refractivity contribution >= 4 is 34.2 Å². The highest BCUT2D eigenvalue weighted by Gasteiger charge is 2.14. The molecule has 0 aliphatic rings. The van der Waals surface area contributed by atoms with E-state index in [2.05, 4.69) is 5.32 Å². The Morgan fingerprint density at radius 3 is 2.44 bits per heavy atom. The van der Waals surface area contributed by atoms with Crippen molar-refractivity contribution < 1.29 is 9.53 Å². The Balaban J connectivity index is 1.87. The van der Waals surface area contributed by atoms with Crippen LogP contribution in [0.3, 0.4) is 0 Å². The first kappa shape index (κ1) is 17.1. The van der Waals surface area contributed by atoms with Gasteiger partial charge in [0.2, 0.25) is 5.91 Å². The minimum absolute atomic E-state index is 0.0734. The summed E-state index contributed by atoms with van der Waals surface area (Å²) in [7, 11) is 1.52. The molecular weight excluding hydrogens is 342 g/mol. The average molecular weight is 360 g/mol. The normalized spacial score (nSPS) is 10.8. The Bertz CT molecular complexity index is 991. The van der Waals surface area contributed by atoms with Crippen LogP contribution in [0, 0.1) is 0 Å². The number of halogens is 1. The van der Waals surface area contributed by atoms with Crippen molar-refractivity contribution in [3.05, 3.63) is 58.0 Å². The summed E-state index contributed by atoms with van der Waals surface area (Å²) in [6.45, 7) is 2.37. The quantitative estimate of drug-likeness (QED) is 0.761. The molecule has 1 aromatic heterocycles. The smallest absolute Gasteiger partial charge is 0.329 e. The van der Waals surface area contributed by atoms with E-state index < -0.39 is 0 Å². The average Bonchev–Trinajstić information content (AvgIpc) is 2.86. The number of benzene rings is 2. The highest BCUT2D eigenvalue weighted by atomic mass is 35.5. The van der Waals surface area contributed by atoms with E-state index in [0.29, 0.717) is 23.0 Å². The fourth-order valence-electron chi connectivity index (χ4n) is 2.82. The molecule has 0 fully saturated rings. The lowest BCUT2D eigenvalue weighted by Crippen LogP contribution is -2.29. The fourth-order valence-corrected chi connectivity index (χ4v) is 3.08. The molecule has 0 aliphatic heterocycles. The van der Waals surface area contributed by atoms with Gasteiger partial charge in [-0.3, -0.25) is 13.9 Å². The van der Waals surface area contributed by atoms with Gasteiger partial charge in [-0.1, -0.05) is 23.7 Å². The summed E-state index contributed by atoms with van der Waals surface area (Å²) < 4.78 is 8.20. The van der Waals surface area contributed by atoms with Crippen molar-refractivity contribution in [1.29, 1.82) is 0 Å². The molecule has 1 heterocycles. The summed E-state index contributed by atoms with van der Waals surface area (Å²) in [5.41, 5.74) is 1.89. The van der Waals surface area contributed by atoms with E-state index in [1.807, 2.05) is 31.2 Å². The number of fused-ring (bicyclic) bond motifs is 1. The Hall–Kier alpha value is -2.73. The summed E-state index contributed by atoms with van der Waals surface area (Å²) >= 11 is 6.06. The molecule has 0 saturated carbocycles. The molecule has 0 atom stereocenters. The maximum Gasteiger partial charge on any atom is 0.329 e. The number of methoxy groups -OCH3 is 1. The second kappa shape index (κ2) is 7.03. The van der Waals surface area contributed by atoms with Gasteiger partial charge in [0.25, 0.3) is 0 Å². The van der Waals surface area contributed by atoms with Crippen LogP contribution in [0.1, 0.15) is 6.92 Å². The molecule has 3 rings (SSSR count). The van der Waals surface area contributed by atoms with Crippen LogP contribution in [0.5, 0.6) is 5.75 Å². The number of anilines is 1. The predicted molar refractivity (Wildman–Crippen MR) is 98.5 cm³/mol. The number of nitrogens with one attached hydrogen (secondary N) is 1. The highest BCUT2D eigenvalue weighted by molar-refractivity contribution is 6.32. The van der Waals surface area contributed by atoms with Crippen LogP contribution < -0.4 is 15.7 Å². The Labute approximate surface area is 149 Å². The molecule has 0 aliphatic carbocycles. The largest absolute Gasteiger partial charge is 0.495 e. The van der Waals surface area contributed by atoms with E-state index in [0.717, 1.165) is 11.0 Å². The standard InChI is InChI=1S/C18H18ClN3O3/c1-3-21-14-6-4-5-7-15(14)22(18(21)24)11-17(23)20-12-8-9-16(25-2)13(19)10-12/h4-10H,3,11H2,1-2H3,(H,20,23). The van der Waals surface area contributed by atoms with E-state index in [1.54, 1.807) is 22.8 Å². The lowest BCUT2D eigenvalue weighted by Gasteiger charge is -2.08. The summed E-state index contributed by atoms with van der Waals surface area (Å²) in [6, 6.07) is 12.4. The Morgan fingerprint density at radius 1 is 1.16 bits per heavy atom. The van der Waals surface area contributed by atoms with Gasteiger partial charge in [0, 0.05) is 12.2 Å². The summed E-state index contributed by atoms with van der Waals surface area (Å²) in [4.78, 5) is 24.9. The van der Waals surface area contributed by atoms with Gasteiger partial charge in [0.1, 0.15) is 12.3 Å². The summed E-state index contributed by atoms with van der Waals surface area (Å²) in [5.74, 6) is 0.226. The number of rotatable bonds is 5. The van der Waals surface area contributed by atoms with Gasteiger partial charge in [-0.15, -0.1) is 0 Å². The van der Waals surface area contributed by atoms with Crippen molar-refractivity contribution in [3.63, 3.8) is 0 Å². The zero-order chi connectivity index (χ0) is 18.0. The molecule has 130 valence electrons. The molecule has 0 radical (unpaired) electrons. The van der Waals surface area contributed by atoms with E-state index in [4.69, 9.17) is 16.3 Å². The maximum absolute atomic E-state index is 12.6. The molecule has 0 unspecified atom stereocenters. The Morgan fingerprint density at radius 2 is 1.84 bits per heavy atom. The maximum atomic E-state index is 12.6. The number of para-hydroxylation sites is 2. The zero-order valence-electron chi connectivity index (χ0n) is 14.0. The number of hydrogen-bond donors (Lipinski definition) is 1. The number of hydrogen-bond acceptors (Lipinski definition) is 3. The summed E-state index contributed by atoms with van der Waals surface area (Å²) in [6.07, 6.45) is 0. The SMILES string of the molecule is CCn1c(=O)n(CC(=O)Nc2ccc(OC)c(Cl)c2)c2ccccc21. The predicted octanol–water partition coefficient (Wildman–Crippen LogP) is 3.12. The minimum atomic E-state index is -0.303. The fraction of sp³-hybridized carbons (Fsp3) is 0.222. The van der Waals surface area contributed by atoms with Crippen molar-refractivity contribution in [2.75, 3.05) is 12.4 Å². The zero-order valence-corrected chi connectivity index (χ0v) is 14.7. The van der Waals surface area contributed by atoms with Gasteiger partial charge >= 0.3 is 5.69 Å². The third kappa shape index (κ3) is 3.25. The van der Waals surface area contributed by atoms with Gasteiger partial charge in [0.15, 0.2) is 0 Å². The van der Waals surface area contributed by atoms with Crippen LogP contribution in [0.4, 0.5) is 5.69 Å². The van der Waals surface area contributed by atoms with Crippen LogP contribution in [-0.2, 0) is 17.9 Å². The highest BCUT2D eigenvalue weighted by Crippen LogP contribution is 2.27. The molecule has 2 aromatic carbocycles. The lowest BCUT2D eigenvalue weighted by molar-refractivity contribution is -0.116. The molecule has 0 spiro atoms. The van der Waals surface area contributed by atoms with Crippen LogP contribution in [-0.4, -0.2) is 22.2 Å². The number of imidazole rings is 1. The molecule has 0 bridgehead atoms. The van der Waals surface area contributed by atoms with Gasteiger partial charge in [-0.2, -0.15) is 0 Å². The molecule has 3 aromatic rings. The molecule has 1 amide bonds. The first-order chi connectivity index (χ1) is 12.0. The third-order valence-corrected chi connectivity index (χ3v) is 4.27. The number of carbonyl (C=O) groups excluding carboxylic acids is 1. The molecular formula is C18H18ClN3O3. The van der Waals surface area contributed by atoms with Gasteiger partial charge < -0.3 is 10.1 Å². The van der Waals surface area contributed by atoms with E-state index in [-0.39, 0.29) is 18.1 Å². The number of nitrogens with zero attached hydrogens (tertiary/aromatic N) is 2. The first-order valence-electron chi connectivity index (χ1n) is 7.86. The lowest BCUT2D eigenvalue weighted by atomic mass is 10.3. The Kier molecular flexibility index (Phi) is 4.81. The number of ether oxygens (including phenoxy) is 1. The molecule has 0 saturated heterocycles. The van der Waals surface area contributed by atoms with E-state index >= 15 is 0 Å². The first-order valence-corrected chi connectivity index (χ1v) is 8.24. The topological polar surface area (TPSA) is 65.3 Å². The molecule has 6 nitrogen and oxygen atoms in total. The number of aromatic nitrogens is 2. The monoisotopic (exact) mass is 359 g/mol. The van der Waals surface area contributed by atoms with Crippen molar-refractivity contribution in [2.24, 2.45) is 0 Å². The second-order valence-corrected chi connectivity index (χ2v) is 5.91. The summed E-state index contributed by atoms with van der Waals surface area (Å²) in [5, 5.41) is 3.16.